The first-order chi connectivity index (χ1) is 12.6. The summed E-state index contributed by atoms with van der Waals surface area (Å²) in [6.07, 6.45) is 0.0810. The van der Waals surface area contributed by atoms with Crippen molar-refractivity contribution in [1.82, 2.24) is 14.4 Å². The molecule has 2 N–H and O–H groups in total. The van der Waals surface area contributed by atoms with Crippen LogP contribution in [0.1, 0.15) is 23.5 Å². The van der Waals surface area contributed by atoms with Crippen LogP contribution < -0.4 is 10.9 Å². The number of hydrogen-bond acceptors (Lipinski definition) is 3. The quantitative estimate of drug-likeness (QED) is 0.555. The molecule has 0 saturated carbocycles. The maximum atomic E-state index is 13.7. The van der Waals surface area contributed by atoms with Crippen molar-refractivity contribution in [3.63, 3.8) is 0 Å². The van der Waals surface area contributed by atoms with E-state index in [0.717, 1.165) is 5.52 Å². The van der Waals surface area contributed by atoms with Gasteiger partial charge in [-0.25, -0.2) is 9.37 Å². The van der Waals surface area contributed by atoms with Gasteiger partial charge in [0.2, 0.25) is 11.7 Å². The van der Waals surface area contributed by atoms with Crippen LogP contribution in [0.5, 0.6) is 0 Å². The van der Waals surface area contributed by atoms with Crippen LogP contribution in [0.15, 0.2) is 53.3 Å². The van der Waals surface area contributed by atoms with E-state index in [1.807, 2.05) is 24.3 Å². The summed E-state index contributed by atoms with van der Waals surface area (Å²) in [5.41, 5.74) is 2.15. The Labute approximate surface area is 146 Å². The highest BCUT2D eigenvalue weighted by molar-refractivity contribution is 5.96. The number of anilines is 1. The van der Waals surface area contributed by atoms with E-state index in [1.165, 1.54) is 12.1 Å². The normalized spacial score (nSPS) is 16.7. The molecule has 7 heteroatoms. The predicted molar refractivity (Wildman–Crippen MR) is 94.8 cm³/mol. The molecule has 6 nitrogen and oxygen atoms in total. The highest BCUT2D eigenvalue weighted by atomic mass is 19.1. The standard InChI is InChI=1S/C19H13FN4O2/c20-11-5-3-4-10(8-11)12-9-15(25)22-17-16(12)18(26)23-19-21-13-6-1-2-7-14(13)24(17)19/h1-8,12H,9H2,(H,22,25)(H,21,23,26)/t12-/m1/s1. The Morgan fingerprint density at radius 2 is 1.96 bits per heavy atom. The van der Waals surface area contributed by atoms with Gasteiger partial charge in [0.15, 0.2) is 0 Å². The number of carbonyl (C=O) groups is 1. The Morgan fingerprint density at radius 1 is 1.12 bits per heavy atom. The maximum Gasteiger partial charge on any atom is 0.258 e. The molecule has 0 bridgehead atoms. The second kappa shape index (κ2) is 5.26. The molecule has 5 rings (SSSR count). The lowest BCUT2D eigenvalue weighted by Crippen LogP contribution is -2.32. The number of H-pyrrole nitrogens is 1. The van der Waals surface area contributed by atoms with Gasteiger partial charge in [-0.1, -0.05) is 24.3 Å². The number of para-hydroxylation sites is 2. The van der Waals surface area contributed by atoms with Gasteiger partial charge in [0.25, 0.3) is 5.56 Å². The van der Waals surface area contributed by atoms with Gasteiger partial charge in [0.1, 0.15) is 11.6 Å². The van der Waals surface area contributed by atoms with Crippen molar-refractivity contribution in [2.45, 2.75) is 12.3 Å². The molecule has 1 aliphatic rings. The molecule has 1 amide bonds. The first-order valence-electron chi connectivity index (χ1n) is 8.20. The lowest BCUT2D eigenvalue weighted by Gasteiger charge is -2.25. The largest absolute Gasteiger partial charge is 0.311 e. The Hall–Kier alpha value is -3.48. The van der Waals surface area contributed by atoms with Crippen LogP contribution in [0.3, 0.4) is 0 Å². The van der Waals surface area contributed by atoms with E-state index in [2.05, 4.69) is 15.3 Å². The van der Waals surface area contributed by atoms with Crippen LogP contribution in [0.25, 0.3) is 16.8 Å². The second-order valence-electron chi connectivity index (χ2n) is 6.34. The molecule has 2 aromatic heterocycles. The zero-order valence-electron chi connectivity index (χ0n) is 13.5. The minimum absolute atomic E-state index is 0.0810. The minimum atomic E-state index is -0.524. The van der Waals surface area contributed by atoms with E-state index in [9.17, 15) is 14.0 Å². The Bertz CT molecular complexity index is 1260. The number of aromatic amines is 1. The minimum Gasteiger partial charge on any atom is -0.311 e. The maximum absolute atomic E-state index is 13.7. The molecule has 0 unspecified atom stereocenters. The topological polar surface area (TPSA) is 79.3 Å². The summed E-state index contributed by atoms with van der Waals surface area (Å²) in [7, 11) is 0. The molecule has 2 aromatic carbocycles. The van der Waals surface area contributed by atoms with Crippen molar-refractivity contribution in [3.05, 3.63) is 75.8 Å². The van der Waals surface area contributed by atoms with E-state index in [1.54, 1.807) is 16.5 Å². The van der Waals surface area contributed by atoms with Crippen LogP contribution in [0, 0.1) is 5.82 Å². The molecule has 0 saturated heterocycles. The molecular formula is C19H13FN4O2. The number of fused-ring (bicyclic) bond motifs is 5. The fourth-order valence-electron chi connectivity index (χ4n) is 3.66. The van der Waals surface area contributed by atoms with Crippen LogP contribution in [-0.2, 0) is 4.79 Å². The Kier molecular flexibility index (Phi) is 3.00. The third-order valence-corrected chi connectivity index (χ3v) is 4.76. The third-order valence-electron chi connectivity index (χ3n) is 4.76. The first kappa shape index (κ1) is 14.8. The molecule has 4 aromatic rings. The van der Waals surface area contributed by atoms with Crippen molar-refractivity contribution < 1.29 is 9.18 Å². The Morgan fingerprint density at radius 3 is 2.81 bits per heavy atom. The van der Waals surface area contributed by atoms with Gasteiger partial charge in [-0.05, 0) is 29.8 Å². The van der Waals surface area contributed by atoms with Crippen molar-refractivity contribution >= 4 is 28.5 Å². The van der Waals surface area contributed by atoms with Gasteiger partial charge in [-0.3, -0.25) is 19.0 Å². The zero-order valence-corrected chi connectivity index (χ0v) is 13.5. The number of nitrogens with zero attached hydrogens (tertiary/aromatic N) is 2. The molecule has 3 heterocycles. The molecular weight excluding hydrogens is 335 g/mol. The highest BCUT2D eigenvalue weighted by Crippen LogP contribution is 2.36. The molecule has 128 valence electrons. The zero-order chi connectivity index (χ0) is 17.8. The molecule has 1 atom stereocenters. The fraction of sp³-hybridized carbons (Fsp3) is 0.105. The molecule has 0 fully saturated rings. The number of benzene rings is 2. The lowest BCUT2D eigenvalue weighted by molar-refractivity contribution is -0.116. The number of rotatable bonds is 1. The summed E-state index contributed by atoms with van der Waals surface area (Å²) < 4.78 is 15.4. The number of carbonyl (C=O) groups excluding carboxylic acids is 1. The monoisotopic (exact) mass is 348 g/mol. The number of hydrogen-bond donors (Lipinski definition) is 2. The molecule has 0 aliphatic carbocycles. The van der Waals surface area contributed by atoms with Crippen molar-refractivity contribution in [2.75, 3.05) is 5.32 Å². The summed E-state index contributed by atoms with van der Waals surface area (Å²) in [6, 6.07) is 13.4. The predicted octanol–water partition coefficient (Wildman–Crippen LogP) is 2.79. The average Bonchev–Trinajstić information content (AvgIpc) is 2.99. The number of aromatic nitrogens is 3. The molecule has 1 aliphatic heterocycles. The van der Waals surface area contributed by atoms with Gasteiger partial charge < -0.3 is 5.32 Å². The fourth-order valence-corrected chi connectivity index (χ4v) is 3.66. The third kappa shape index (κ3) is 2.07. The Balaban J connectivity index is 1.87. The van der Waals surface area contributed by atoms with E-state index in [-0.39, 0.29) is 17.9 Å². The van der Waals surface area contributed by atoms with Crippen molar-refractivity contribution in [1.29, 1.82) is 0 Å². The highest BCUT2D eigenvalue weighted by Gasteiger charge is 2.32. The van der Waals surface area contributed by atoms with E-state index in [4.69, 9.17) is 0 Å². The summed E-state index contributed by atoms with van der Waals surface area (Å²) in [4.78, 5) is 32.3. The number of amides is 1. The van der Waals surface area contributed by atoms with Crippen LogP contribution >= 0.6 is 0 Å². The summed E-state index contributed by atoms with van der Waals surface area (Å²) in [5, 5.41) is 2.81. The average molecular weight is 348 g/mol. The van der Waals surface area contributed by atoms with Crippen molar-refractivity contribution in [3.8, 4) is 0 Å². The van der Waals surface area contributed by atoms with Crippen molar-refractivity contribution in [2.24, 2.45) is 0 Å². The number of imidazole rings is 1. The van der Waals surface area contributed by atoms with Crippen LogP contribution in [0.2, 0.25) is 0 Å². The van der Waals surface area contributed by atoms with Gasteiger partial charge >= 0.3 is 0 Å². The van der Waals surface area contributed by atoms with Gasteiger partial charge in [-0.2, -0.15) is 0 Å². The summed E-state index contributed by atoms with van der Waals surface area (Å²) >= 11 is 0. The SMILES string of the molecule is O=C1C[C@H](c2cccc(F)c2)c2c(n3c(nc4ccccc43)[nH]c2=O)N1. The lowest BCUT2D eigenvalue weighted by atomic mass is 9.87. The smallest absolute Gasteiger partial charge is 0.258 e. The number of halogens is 1. The van der Waals surface area contributed by atoms with E-state index in [0.29, 0.717) is 28.2 Å². The summed E-state index contributed by atoms with van der Waals surface area (Å²) in [6.45, 7) is 0. The van der Waals surface area contributed by atoms with Crippen LogP contribution in [-0.4, -0.2) is 20.3 Å². The second-order valence-corrected chi connectivity index (χ2v) is 6.34. The van der Waals surface area contributed by atoms with E-state index < -0.39 is 11.7 Å². The van der Waals surface area contributed by atoms with Gasteiger partial charge in [0.05, 0.1) is 16.6 Å². The summed E-state index contributed by atoms with van der Waals surface area (Å²) in [5.74, 6) is -0.404. The van der Waals surface area contributed by atoms with E-state index >= 15 is 0 Å². The van der Waals surface area contributed by atoms with Gasteiger partial charge in [-0.15, -0.1) is 0 Å². The molecule has 26 heavy (non-hydrogen) atoms. The van der Waals surface area contributed by atoms with Gasteiger partial charge in [0, 0.05) is 12.3 Å². The van der Waals surface area contributed by atoms with Crippen LogP contribution in [0.4, 0.5) is 10.2 Å². The molecule has 0 spiro atoms. The molecule has 0 radical (unpaired) electrons. The number of nitrogens with one attached hydrogen (secondary N) is 2. The first-order valence-corrected chi connectivity index (χ1v) is 8.20.